The summed E-state index contributed by atoms with van der Waals surface area (Å²) in [6.07, 6.45) is 0.0594. The molecule has 2 N–H and O–H groups in total. The zero-order chi connectivity index (χ0) is 16.6. The van der Waals surface area contributed by atoms with Crippen LogP contribution < -0.4 is 5.73 Å². The first-order chi connectivity index (χ1) is 11.0. The average Bonchev–Trinajstić information content (AvgIpc) is 3.08. The second-order valence-electron chi connectivity index (χ2n) is 5.72. The number of fused-ring (bicyclic) bond motifs is 1. The van der Waals surface area contributed by atoms with Crippen molar-refractivity contribution in [2.45, 2.75) is 36.8 Å². The molecule has 2 aliphatic heterocycles. The zero-order valence-electron chi connectivity index (χ0n) is 12.7. The molecule has 7 heteroatoms. The molecule has 23 heavy (non-hydrogen) atoms. The van der Waals surface area contributed by atoms with Crippen LogP contribution >= 0.6 is 11.8 Å². The molecular weight excluding hydrogens is 316 g/mol. The number of thioether (sulfide) groups is 1. The lowest BCUT2D eigenvalue weighted by atomic mass is 10.0. The summed E-state index contributed by atoms with van der Waals surface area (Å²) in [5.41, 5.74) is 6.14. The molecule has 3 rings (SSSR count). The van der Waals surface area contributed by atoms with Gasteiger partial charge < -0.3 is 15.4 Å². The highest BCUT2D eigenvalue weighted by molar-refractivity contribution is 8.00. The number of primary amides is 1. The van der Waals surface area contributed by atoms with Crippen molar-refractivity contribution in [3.63, 3.8) is 0 Å². The van der Waals surface area contributed by atoms with E-state index in [0.29, 0.717) is 18.6 Å². The van der Waals surface area contributed by atoms with Crippen molar-refractivity contribution in [3.8, 4) is 0 Å². The fourth-order valence-corrected chi connectivity index (χ4v) is 4.76. The normalized spacial score (nSPS) is 27.6. The Bertz CT molecular complexity index is 651. The average molecular weight is 334 g/mol. The van der Waals surface area contributed by atoms with Crippen molar-refractivity contribution in [2.75, 3.05) is 5.75 Å². The van der Waals surface area contributed by atoms with Crippen LogP contribution in [0.1, 0.15) is 25.3 Å². The number of hydrogen-bond acceptors (Lipinski definition) is 5. The number of hydrogen-bond donors (Lipinski definition) is 1. The van der Waals surface area contributed by atoms with Crippen molar-refractivity contribution >= 4 is 29.5 Å². The number of esters is 1. The summed E-state index contributed by atoms with van der Waals surface area (Å²) in [7, 11) is 0. The summed E-state index contributed by atoms with van der Waals surface area (Å²) >= 11 is 1.58. The maximum absolute atomic E-state index is 12.4. The van der Waals surface area contributed by atoms with Gasteiger partial charge in [-0.2, -0.15) is 0 Å². The van der Waals surface area contributed by atoms with Crippen molar-refractivity contribution in [2.24, 2.45) is 5.73 Å². The summed E-state index contributed by atoms with van der Waals surface area (Å²) in [5, 5.41) is 0. The molecule has 0 radical (unpaired) electrons. The van der Waals surface area contributed by atoms with Crippen molar-refractivity contribution in [1.29, 1.82) is 0 Å². The van der Waals surface area contributed by atoms with Crippen LogP contribution in [0.3, 0.4) is 0 Å². The maximum Gasteiger partial charge on any atom is 0.330 e. The highest BCUT2D eigenvalue weighted by atomic mass is 32.2. The SMILES string of the molecule is C[C@H](OC(=O)[C@H]1CS[C@@]2(c3ccccc3)CCC(=O)N12)C(N)=O. The standard InChI is InChI=1S/C16H18N2O4S/c1-10(14(17)20)22-15(21)12-9-23-16(8-7-13(19)18(12)16)11-5-3-2-4-6-11/h2-6,10,12H,7-9H2,1H3,(H2,17,20)/t10-,12+,16+/m0/s1. The van der Waals surface area contributed by atoms with Crippen molar-refractivity contribution in [1.82, 2.24) is 4.90 Å². The number of amides is 2. The van der Waals surface area contributed by atoms with Gasteiger partial charge in [-0.1, -0.05) is 30.3 Å². The number of nitrogens with zero attached hydrogens (tertiary/aromatic N) is 1. The van der Waals surface area contributed by atoms with E-state index in [0.717, 1.165) is 5.56 Å². The van der Waals surface area contributed by atoms with Gasteiger partial charge in [-0.3, -0.25) is 9.59 Å². The predicted octanol–water partition coefficient (Wildman–Crippen LogP) is 0.994. The van der Waals surface area contributed by atoms with E-state index in [9.17, 15) is 14.4 Å². The van der Waals surface area contributed by atoms with E-state index in [1.54, 1.807) is 16.7 Å². The molecule has 0 saturated carbocycles. The van der Waals surface area contributed by atoms with Crippen molar-refractivity contribution < 1.29 is 19.1 Å². The van der Waals surface area contributed by atoms with Gasteiger partial charge in [-0.15, -0.1) is 11.8 Å². The fraction of sp³-hybridized carbons (Fsp3) is 0.438. The predicted molar refractivity (Wildman–Crippen MR) is 85.2 cm³/mol. The topological polar surface area (TPSA) is 89.7 Å². The minimum atomic E-state index is -1.00. The maximum atomic E-state index is 12.4. The summed E-state index contributed by atoms with van der Waals surface area (Å²) in [5.74, 6) is -0.888. The molecule has 2 amide bonds. The minimum Gasteiger partial charge on any atom is -0.451 e. The molecule has 122 valence electrons. The molecular formula is C16H18N2O4S. The third kappa shape index (κ3) is 2.59. The van der Waals surface area contributed by atoms with Crippen LogP contribution in [0.25, 0.3) is 0 Å². The molecule has 0 aliphatic carbocycles. The van der Waals surface area contributed by atoms with Gasteiger partial charge in [-0.05, 0) is 18.9 Å². The van der Waals surface area contributed by atoms with Crippen molar-refractivity contribution in [3.05, 3.63) is 35.9 Å². The molecule has 2 aliphatic rings. The zero-order valence-corrected chi connectivity index (χ0v) is 13.5. The van der Waals surface area contributed by atoms with E-state index in [2.05, 4.69) is 0 Å². The third-order valence-electron chi connectivity index (χ3n) is 4.32. The minimum absolute atomic E-state index is 0.0625. The van der Waals surface area contributed by atoms with Crippen LogP contribution in [0.15, 0.2) is 30.3 Å². The van der Waals surface area contributed by atoms with Gasteiger partial charge in [0.15, 0.2) is 6.10 Å². The molecule has 3 atom stereocenters. The molecule has 0 unspecified atom stereocenters. The van der Waals surface area contributed by atoms with Crippen LogP contribution in [-0.4, -0.2) is 40.6 Å². The van der Waals surface area contributed by atoms with Crippen LogP contribution in [0, 0.1) is 0 Å². The molecule has 0 spiro atoms. The first kappa shape index (κ1) is 15.9. The Hall–Kier alpha value is -2.02. The number of benzene rings is 1. The Balaban J connectivity index is 1.87. The Kier molecular flexibility index (Phi) is 4.06. The molecule has 2 heterocycles. The smallest absolute Gasteiger partial charge is 0.330 e. The van der Waals surface area contributed by atoms with Gasteiger partial charge in [-0.25, -0.2) is 4.79 Å². The van der Waals surface area contributed by atoms with E-state index < -0.39 is 28.9 Å². The van der Waals surface area contributed by atoms with E-state index in [-0.39, 0.29) is 5.91 Å². The first-order valence-corrected chi connectivity index (χ1v) is 8.46. The monoisotopic (exact) mass is 334 g/mol. The van der Waals surface area contributed by atoms with Crippen LogP contribution in [0.5, 0.6) is 0 Å². The number of carbonyl (C=O) groups excluding carboxylic acids is 3. The fourth-order valence-electron chi connectivity index (χ4n) is 3.13. The Labute approximate surface area is 138 Å². The van der Waals surface area contributed by atoms with E-state index in [1.807, 2.05) is 30.3 Å². The molecule has 6 nitrogen and oxygen atoms in total. The quantitative estimate of drug-likeness (QED) is 0.830. The van der Waals surface area contributed by atoms with Crippen LogP contribution in [0.4, 0.5) is 0 Å². The highest BCUT2D eigenvalue weighted by Gasteiger charge is 2.57. The lowest BCUT2D eigenvalue weighted by molar-refractivity contribution is -0.161. The van der Waals surface area contributed by atoms with Gasteiger partial charge >= 0.3 is 5.97 Å². The second-order valence-corrected chi connectivity index (χ2v) is 7.02. The van der Waals surface area contributed by atoms with E-state index >= 15 is 0 Å². The lowest BCUT2D eigenvalue weighted by Crippen LogP contribution is -2.48. The van der Waals surface area contributed by atoms with Gasteiger partial charge in [0, 0.05) is 12.2 Å². The Morgan fingerprint density at radius 3 is 2.74 bits per heavy atom. The van der Waals surface area contributed by atoms with Gasteiger partial charge in [0.05, 0.1) is 0 Å². The highest BCUT2D eigenvalue weighted by Crippen LogP contribution is 2.54. The van der Waals surface area contributed by atoms with Gasteiger partial charge in [0.2, 0.25) is 5.91 Å². The molecule has 2 fully saturated rings. The first-order valence-electron chi connectivity index (χ1n) is 7.47. The Morgan fingerprint density at radius 2 is 2.09 bits per heavy atom. The number of carbonyl (C=O) groups is 3. The summed E-state index contributed by atoms with van der Waals surface area (Å²) in [4.78, 5) is 37.0. The molecule has 2 saturated heterocycles. The van der Waals surface area contributed by atoms with Crippen LogP contribution in [-0.2, 0) is 24.0 Å². The largest absolute Gasteiger partial charge is 0.451 e. The number of rotatable bonds is 4. The summed E-state index contributed by atoms with van der Waals surface area (Å²) in [6, 6.07) is 9.02. The molecule has 0 aromatic heterocycles. The molecule has 0 bridgehead atoms. The second kappa shape index (κ2) is 5.88. The van der Waals surface area contributed by atoms with E-state index in [4.69, 9.17) is 10.5 Å². The summed E-state index contributed by atoms with van der Waals surface area (Å²) < 4.78 is 5.11. The van der Waals surface area contributed by atoms with Gasteiger partial charge in [0.1, 0.15) is 10.9 Å². The Morgan fingerprint density at radius 1 is 1.39 bits per heavy atom. The van der Waals surface area contributed by atoms with Gasteiger partial charge in [0.25, 0.3) is 5.91 Å². The van der Waals surface area contributed by atoms with E-state index in [1.165, 1.54) is 6.92 Å². The number of ether oxygens (including phenoxy) is 1. The van der Waals surface area contributed by atoms with Crippen LogP contribution in [0.2, 0.25) is 0 Å². The number of nitrogens with two attached hydrogens (primary N) is 1. The molecule has 1 aromatic rings. The third-order valence-corrected chi connectivity index (χ3v) is 5.91. The summed E-state index contributed by atoms with van der Waals surface area (Å²) in [6.45, 7) is 1.43. The molecule has 1 aromatic carbocycles. The lowest BCUT2D eigenvalue weighted by Gasteiger charge is -2.33.